The van der Waals surface area contributed by atoms with Gasteiger partial charge in [-0.3, -0.25) is 0 Å². The topological polar surface area (TPSA) is 49.3 Å². The molecule has 16 heavy (non-hydrogen) atoms. The Morgan fingerprint density at radius 3 is 2.81 bits per heavy atom. The molecular formula is C12H17NO2S. The number of carbonyl (C=O) groups is 1. The van der Waals surface area contributed by atoms with Crippen molar-refractivity contribution in [3.05, 3.63) is 33.5 Å². The van der Waals surface area contributed by atoms with Crippen molar-refractivity contribution in [1.29, 1.82) is 0 Å². The average Bonchev–Trinajstić information content (AvgIpc) is 2.64. The largest absolute Gasteiger partial charge is 0.478 e. The first-order valence-corrected chi connectivity index (χ1v) is 6.24. The van der Waals surface area contributed by atoms with Crippen LogP contribution in [0, 0.1) is 6.92 Å². The van der Waals surface area contributed by atoms with E-state index in [0.29, 0.717) is 18.5 Å². The standard InChI is InChI=1S/C12H17NO2S/c1-3-10(12(14)15)4-5-13-6-11-8-16-7-9(11)2/h4,7-8,13H,3,5-6H2,1-2H3,(H,14,15)/b10-4-. The Morgan fingerprint density at radius 1 is 1.56 bits per heavy atom. The summed E-state index contributed by atoms with van der Waals surface area (Å²) in [4.78, 5) is 10.7. The summed E-state index contributed by atoms with van der Waals surface area (Å²) in [7, 11) is 0. The fraction of sp³-hybridized carbons (Fsp3) is 0.417. The normalized spacial score (nSPS) is 11.8. The predicted molar refractivity (Wildman–Crippen MR) is 66.8 cm³/mol. The van der Waals surface area contributed by atoms with Crippen molar-refractivity contribution >= 4 is 17.3 Å². The molecule has 1 aromatic rings. The van der Waals surface area contributed by atoms with Gasteiger partial charge in [0.25, 0.3) is 0 Å². The number of carboxylic acids is 1. The Hall–Kier alpha value is -1.13. The number of hydrogen-bond acceptors (Lipinski definition) is 3. The second-order valence-corrected chi connectivity index (χ2v) is 4.34. The van der Waals surface area contributed by atoms with Gasteiger partial charge in [-0.05, 0) is 35.2 Å². The van der Waals surface area contributed by atoms with Gasteiger partial charge in [-0.1, -0.05) is 13.0 Å². The van der Waals surface area contributed by atoms with Gasteiger partial charge < -0.3 is 10.4 Å². The van der Waals surface area contributed by atoms with Crippen molar-refractivity contribution < 1.29 is 9.90 Å². The molecule has 2 N–H and O–H groups in total. The van der Waals surface area contributed by atoms with E-state index in [0.717, 1.165) is 6.54 Å². The second-order valence-electron chi connectivity index (χ2n) is 3.60. The third-order valence-electron chi connectivity index (χ3n) is 2.43. The van der Waals surface area contributed by atoms with Gasteiger partial charge in [0.05, 0.1) is 0 Å². The molecule has 1 heterocycles. The van der Waals surface area contributed by atoms with Crippen LogP contribution in [0.2, 0.25) is 0 Å². The van der Waals surface area contributed by atoms with E-state index in [2.05, 4.69) is 23.0 Å². The van der Waals surface area contributed by atoms with Gasteiger partial charge in [0.15, 0.2) is 0 Å². The van der Waals surface area contributed by atoms with Crippen molar-refractivity contribution in [3.8, 4) is 0 Å². The van der Waals surface area contributed by atoms with E-state index in [1.165, 1.54) is 11.1 Å². The maximum atomic E-state index is 10.7. The van der Waals surface area contributed by atoms with Crippen LogP contribution in [0.3, 0.4) is 0 Å². The number of rotatable bonds is 6. The van der Waals surface area contributed by atoms with Crippen LogP contribution in [0.4, 0.5) is 0 Å². The van der Waals surface area contributed by atoms with Crippen molar-refractivity contribution in [2.75, 3.05) is 6.54 Å². The lowest BCUT2D eigenvalue weighted by atomic mass is 10.2. The molecule has 3 nitrogen and oxygen atoms in total. The molecule has 0 saturated carbocycles. The summed E-state index contributed by atoms with van der Waals surface area (Å²) in [5.74, 6) is -0.823. The number of carboxylic acid groups (broad SMARTS) is 1. The quantitative estimate of drug-likeness (QED) is 0.592. The molecule has 0 saturated heterocycles. The van der Waals surface area contributed by atoms with Gasteiger partial charge in [-0.15, -0.1) is 0 Å². The summed E-state index contributed by atoms with van der Waals surface area (Å²) in [6.45, 7) is 5.33. The third-order valence-corrected chi connectivity index (χ3v) is 3.34. The highest BCUT2D eigenvalue weighted by Crippen LogP contribution is 2.12. The van der Waals surface area contributed by atoms with Crippen molar-refractivity contribution in [2.45, 2.75) is 26.8 Å². The number of hydrogen-bond donors (Lipinski definition) is 2. The molecule has 0 aliphatic carbocycles. The molecule has 88 valence electrons. The molecule has 0 fully saturated rings. The SMILES string of the molecule is CC/C(=C/CNCc1cscc1C)C(=O)O. The molecule has 0 amide bonds. The van der Waals surface area contributed by atoms with Crippen LogP contribution in [0.25, 0.3) is 0 Å². The van der Waals surface area contributed by atoms with Gasteiger partial charge in [-0.2, -0.15) is 11.3 Å². The highest BCUT2D eigenvalue weighted by Gasteiger charge is 2.02. The fourth-order valence-corrected chi connectivity index (χ4v) is 2.21. The lowest BCUT2D eigenvalue weighted by molar-refractivity contribution is -0.132. The minimum atomic E-state index is -0.823. The molecule has 0 aliphatic rings. The molecule has 0 bridgehead atoms. The molecule has 0 spiro atoms. The lowest BCUT2D eigenvalue weighted by Gasteiger charge is -2.02. The summed E-state index contributed by atoms with van der Waals surface area (Å²) in [6.07, 6.45) is 2.30. The Kier molecular flexibility index (Phi) is 5.22. The zero-order valence-corrected chi connectivity index (χ0v) is 10.4. The first kappa shape index (κ1) is 12.9. The van der Waals surface area contributed by atoms with Crippen molar-refractivity contribution in [1.82, 2.24) is 5.32 Å². The molecule has 1 rings (SSSR count). The highest BCUT2D eigenvalue weighted by atomic mass is 32.1. The summed E-state index contributed by atoms with van der Waals surface area (Å²) in [6, 6.07) is 0. The Labute approximate surface area is 99.8 Å². The average molecular weight is 239 g/mol. The lowest BCUT2D eigenvalue weighted by Crippen LogP contribution is -2.14. The maximum absolute atomic E-state index is 10.7. The summed E-state index contributed by atoms with van der Waals surface area (Å²) in [5.41, 5.74) is 3.04. The molecule has 0 aromatic carbocycles. The summed E-state index contributed by atoms with van der Waals surface area (Å²) in [5, 5.41) is 16.2. The Bertz CT molecular complexity index is 382. The number of aliphatic carboxylic acids is 1. The van der Waals surface area contributed by atoms with Crippen LogP contribution < -0.4 is 5.32 Å². The minimum absolute atomic E-state index is 0.467. The molecule has 0 unspecified atom stereocenters. The zero-order chi connectivity index (χ0) is 12.0. The van der Waals surface area contributed by atoms with Gasteiger partial charge in [0.1, 0.15) is 0 Å². The van der Waals surface area contributed by atoms with Crippen LogP contribution in [-0.4, -0.2) is 17.6 Å². The predicted octanol–water partition coefficient (Wildman–Crippen LogP) is 2.57. The molecular weight excluding hydrogens is 222 g/mol. The second kappa shape index (κ2) is 6.45. The van der Waals surface area contributed by atoms with E-state index in [1.807, 2.05) is 6.92 Å². The van der Waals surface area contributed by atoms with Crippen LogP contribution in [-0.2, 0) is 11.3 Å². The number of nitrogens with one attached hydrogen (secondary N) is 1. The molecule has 0 radical (unpaired) electrons. The molecule has 0 atom stereocenters. The van der Waals surface area contributed by atoms with E-state index in [9.17, 15) is 4.79 Å². The molecule has 1 aromatic heterocycles. The van der Waals surface area contributed by atoms with Gasteiger partial charge in [0, 0.05) is 18.7 Å². The fourth-order valence-electron chi connectivity index (χ4n) is 1.35. The Morgan fingerprint density at radius 2 is 2.31 bits per heavy atom. The van der Waals surface area contributed by atoms with Gasteiger partial charge >= 0.3 is 5.97 Å². The highest BCUT2D eigenvalue weighted by molar-refractivity contribution is 7.08. The van der Waals surface area contributed by atoms with E-state index in [4.69, 9.17) is 5.11 Å². The minimum Gasteiger partial charge on any atom is -0.478 e. The van der Waals surface area contributed by atoms with E-state index < -0.39 is 5.97 Å². The van der Waals surface area contributed by atoms with E-state index in [-0.39, 0.29) is 0 Å². The van der Waals surface area contributed by atoms with Crippen LogP contribution >= 0.6 is 11.3 Å². The van der Waals surface area contributed by atoms with Gasteiger partial charge in [0.2, 0.25) is 0 Å². The van der Waals surface area contributed by atoms with Crippen LogP contribution in [0.15, 0.2) is 22.4 Å². The molecule has 0 aliphatic heterocycles. The van der Waals surface area contributed by atoms with Crippen LogP contribution in [0.1, 0.15) is 24.5 Å². The van der Waals surface area contributed by atoms with Gasteiger partial charge in [-0.25, -0.2) is 4.79 Å². The maximum Gasteiger partial charge on any atom is 0.331 e. The smallest absolute Gasteiger partial charge is 0.331 e. The first-order valence-electron chi connectivity index (χ1n) is 5.29. The Balaban J connectivity index is 2.36. The summed E-state index contributed by atoms with van der Waals surface area (Å²) < 4.78 is 0. The molecule has 4 heteroatoms. The zero-order valence-electron chi connectivity index (χ0n) is 9.62. The van der Waals surface area contributed by atoms with Crippen LogP contribution in [0.5, 0.6) is 0 Å². The third kappa shape index (κ3) is 3.79. The van der Waals surface area contributed by atoms with E-state index >= 15 is 0 Å². The summed E-state index contributed by atoms with van der Waals surface area (Å²) >= 11 is 1.69. The van der Waals surface area contributed by atoms with Crippen molar-refractivity contribution in [3.63, 3.8) is 0 Å². The number of thiophene rings is 1. The van der Waals surface area contributed by atoms with E-state index in [1.54, 1.807) is 17.4 Å². The first-order chi connectivity index (χ1) is 7.65. The number of aryl methyl sites for hydroxylation is 1. The monoisotopic (exact) mass is 239 g/mol. The van der Waals surface area contributed by atoms with Crippen molar-refractivity contribution in [2.24, 2.45) is 0 Å².